The van der Waals surface area contributed by atoms with Crippen LogP contribution in [0.1, 0.15) is 0 Å². The lowest BCUT2D eigenvalue weighted by atomic mass is 10.2. The van der Waals surface area contributed by atoms with Crippen molar-refractivity contribution >= 4 is 38.5 Å². The Bertz CT molecular complexity index is 813. The van der Waals surface area contributed by atoms with Gasteiger partial charge in [0.25, 0.3) is 0 Å². The number of ether oxygens (including phenoxy) is 2. The molecule has 2 aromatic carbocycles. The summed E-state index contributed by atoms with van der Waals surface area (Å²) in [5.41, 5.74) is 8.56. The maximum Gasteiger partial charge on any atom is 0.163 e. The van der Waals surface area contributed by atoms with Crippen LogP contribution in [0.2, 0.25) is 0 Å². The molecule has 3 N–H and O–H groups in total. The number of hydrogen-bond acceptors (Lipinski definition) is 5. The summed E-state index contributed by atoms with van der Waals surface area (Å²) in [7, 11) is 0. The number of nitrogens with one attached hydrogen (secondary N) is 1. The van der Waals surface area contributed by atoms with Crippen molar-refractivity contribution in [3.05, 3.63) is 41.8 Å². The predicted molar refractivity (Wildman–Crippen MR) is 87.0 cm³/mol. The molecule has 5 heteroatoms. The highest BCUT2D eigenvalue weighted by atomic mass is 32.1. The van der Waals surface area contributed by atoms with Crippen molar-refractivity contribution in [3.63, 3.8) is 0 Å². The monoisotopic (exact) mass is 298 g/mol. The molecule has 0 unspecified atom stereocenters. The SMILES string of the molecule is Nc1cc2c(cc1Nc1ccc3sccc3c1)OCCO2. The lowest BCUT2D eigenvalue weighted by Crippen LogP contribution is -2.15. The number of benzene rings is 2. The number of anilines is 3. The molecule has 1 aliphatic heterocycles. The average Bonchev–Trinajstić information content (AvgIpc) is 2.95. The van der Waals surface area contributed by atoms with Gasteiger partial charge >= 0.3 is 0 Å². The first-order chi connectivity index (χ1) is 10.3. The molecule has 1 aromatic heterocycles. The number of nitrogen functional groups attached to an aromatic ring is 1. The lowest BCUT2D eigenvalue weighted by Gasteiger charge is -2.20. The van der Waals surface area contributed by atoms with Crippen LogP contribution in [0.4, 0.5) is 17.1 Å². The Labute approximate surface area is 126 Å². The van der Waals surface area contributed by atoms with E-state index in [9.17, 15) is 0 Å². The fourth-order valence-electron chi connectivity index (χ4n) is 2.41. The molecule has 1 aliphatic rings. The van der Waals surface area contributed by atoms with Crippen LogP contribution in [-0.4, -0.2) is 13.2 Å². The summed E-state index contributed by atoms with van der Waals surface area (Å²) in [6, 6.07) is 12.1. The van der Waals surface area contributed by atoms with Crippen LogP contribution in [0.5, 0.6) is 11.5 Å². The van der Waals surface area contributed by atoms with Crippen LogP contribution in [0, 0.1) is 0 Å². The molecule has 0 bridgehead atoms. The second-order valence-corrected chi connectivity index (χ2v) is 5.83. The molecule has 0 spiro atoms. The largest absolute Gasteiger partial charge is 0.486 e. The van der Waals surface area contributed by atoms with Gasteiger partial charge in [-0.05, 0) is 35.0 Å². The Morgan fingerprint density at radius 3 is 2.67 bits per heavy atom. The van der Waals surface area contributed by atoms with Crippen LogP contribution >= 0.6 is 11.3 Å². The summed E-state index contributed by atoms with van der Waals surface area (Å²) in [5, 5.41) is 6.66. The van der Waals surface area contributed by atoms with Crippen molar-refractivity contribution in [3.8, 4) is 11.5 Å². The molecule has 4 rings (SSSR count). The van der Waals surface area contributed by atoms with E-state index in [1.165, 1.54) is 10.1 Å². The maximum atomic E-state index is 6.09. The Morgan fingerprint density at radius 2 is 1.81 bits per heavy atom. The van der Waals surface area contributed by atoms with Gasteiger partial charge in [-0.1, -0.05) is 0 Å². The minimum absolute atomic E-state index is 0.564. The van der Waals surface area contributed by atoms with Gasteiger partial charge in [-0.15, -0.1) is 11.3 Å². The van der Waals surface area contributed by atoms with Gasteiger partial charge in [-0.2, -0.15) is 0 Å². The summed E-state index contributed by atoms with van der Waals surface area (Å²) in [6.45, 7) is 1.13. The van der Waals surface area contributed by atoms with Gasteiger partial charge in [-0.3, -0.25) is 0 Å². The minimum atomic E-state index is 0.564. The van der Waals surface area contributed by atoms with Gasteiger partial charge in [0.15, 0.2) is 11.5 Å². The molecule has 0 saturated carbocycles. The Balaban J connectivity index is 1.69. The fourth-order valence-corrected chi connectivity index (χ4v) is 3.18. The number of hydrogen-bond donors (Lipinski definition) is 2. The number of nitrogens with two attached hydrogens (primary N) is 1. The van der Waals surface area contributed by atoms with Crippen LogP contribution in [0.25, 0.3) is 10.1 Å². The summed E-state index contributed by atoms with van der Waals surface area (Å²) in [4.78, 5) is 0. The smallest absolute Gasteiger partial charge is 0.163 e. The highest BCUT2D eigenvalue weighted by Gasteiger charge is 2.14. The third kappa shape index (κ3) is 2.25. The predicted octanol–water partition coefficient (Wildman–Crippen LogP) is 4.00. The van der Waals surface area contributed by atoms with Crippen molar-refractivity contribution in [1.29, 1.82) is 0 Å². The molecule has 21 heavy (non-hydrogen) atoms. The summed E-state index contributed by atoms with van der Waals surface area (Å²) < 4.78 is 12.4. The molecule has 0 fully saturated rings. The zero-order valence-electron chi connectivity index (χ0n) is 11.3. The van der Waals surface area contributed by atoms with Crippen LogP contribution in [0.3, 0.4) is 0 Å². The van der Waals surface area contributed by atoms with Gasteiger partial charge in [0.1, 0.15) is 13.2 Å². The fraction of sp³-hybridized carbons (Fsp3) is 0.125. The van der Waals surface area contributed by atoms with E-state index < -0.39 is 0 Å². The van der Waals surface area contributed by atoms with E-state index in [2.05, 4.69) is 35.0 Å². The summed E-state index contributed by atoms with van der Waals surface area (Å²) in [6.07, 6.45) is 0. The number of thiophene rings is 1. The zero-order chi connectivity index (χ0) is 14.2. The van der Waals surface area contributed by atoms with E-state index in [0.29, 0.717) is 24.7 Å². The first-order valence-corrected chi connectivity index (χ1v) is 7.61. The molecular weight excluding hydrogens is 284 g/mol. The molecule has 0 atom stereocenters. The number of fused-ring (bicyclic) bond motifs is 2. The first kappa shape index (κ1) is 12.3. The van der Waals surface area contributed by atoms with Crippen molar-refractivity contribution < 1.29 is 9.47 Å². The molecule has 3 aromatic rings. The second kappa shape index (κ2) is 4.86. The number of rotatable bonds is 2. The highest BCUT2D eigenvalue weighted by Crippen LogP contribution is 2.38. The van der Waals surface area contributed by atoms with Gasteiger partial charge in [0.2, 0.25) is 0 Å². The van der Waals surface area contributed by atoms with Crippen LogP contribution in [0.15, 0.2) is 41.8 Å². The molecule has 0 saturated heterocycles. The first-order valence-electron chi connectivity index (χ1n) is 6.73. The molecule has 2 heterocycles. The third-order valence-corrected chi connectivity index (χ3v) is 4.34. The van der Waals surface area contributed by atoms with Gasteiger partial charge < -0.3 is 20.5 Å². The van der Waals surface area contributed by atoms with Gasteiger partial charge in [-0.25, -0.2) is 0 Å². The second-order valence-electron chi connectivity index (χ2n) is 4.88. The molecule has 106 valence electrons. The Hall–Kier alpha value is -2.40. The molecular formula is C16H14N2O2S. The molecule has 4 nitrogen and oxygen atoms in total. The van der Waals surface area contributed by atoms with E-state index in [4.69, 9.17) is 15.2 Å². The standard InChI is InChI=1S/C16H14N2O2S/c17-12-8-14-15(20-5-4-19-14)9-13(12)18-11-1-2-16-10(7-11)3-6-21-16/h1-3,6-9,18H,4-5,17H2. The van der Waals surface area contributed by atoms with Crippen LogP contribution < -0.4 is 20.5 Å². The van der Waals surface area contributed by atoms with E-state index in [1.807, 2.05) is 6.07 Å². The van der Waals surface area contributed by atoms with Gasteiger partial charge in [0, 0.05) is 22.5 Å². The average molecular weight is 298 g/mol. The van der Waals surface area contributed by atoms with E-state index in [1.54, 1.807) is 17.4 Å². The van der Waals surface area contributed by atoms with Crippen LogP contribution in [-0.2, 0) is 0 Å². The third-order valence-electron chi connectivity index (χ3n) is 3.45. The summed E-state index contributed by atoms with van der Waals surface area (Å²) >= 11 is 1.74. The van der Waals surface area contributed by atoms with E-state index in [-0.39, 0.29) is 0 Å². The lowest BCUT2D eigenvalue weighted by molar-refractivity contribution is 0.172. The van der Waals surface area contributed by atoms with Crippen molar-refractivity contribution in [2.45, 2.75) is 0 Å². The van der Waals surface area contributed by atoms with Crippen molar-refractivity contribution in [1.82, 2.24) is 0 Å². The summed E-state index contributed by atoms with van der Waals surface area (Å²) in [5.74, 6) is 1.44. The van der Waals surface area contributed by atoms with E-state index >= 15 is 0 Å². The Morgan fingerprint density at radius 1 is 1.00 bits per heavy atom. The zero-order valence-corrected chi connectivity index (χ0v) is 12.1. The Kier molecular flexibility index (Phi) is 2.86. The molecule has 0 amide bonds. The van der Waals surface area contributed by atoms with Crippen molar-refractivity contribution in [2.24, 2.45) is 0 Å². The maximum absolute atomic E-state index is 6.09. The minimum Gasteiger partial charge on any atom is -0.486 e. The quantitative estimate of drug-likeness (QED) is 0.702. The van der Waals surface area contributed by atoms with E-state index in [0.717, 1.165) is 17.1 Å². The normalized spacial score (nSPS) is 13.3. The molecule has 0 aliphatic carbocycles. The van der Waals surface area contributed by atoms with Gasteiger partial charge in [0.05, 0.1) is 11.4 Å². The topological polar surface area (TPSA) is 56.5 Å². The highest BCUT2D eigenvalue weighted by molar-refractivity contribution is 7.17. The van der Waals surface area contributed by atoms with Crippen molar-refractivity contribution in [2.75, 3.05) is 24.3 Å². The molecule has 0 radical (unpaired) electrons.